The van der Waals surface area contributed by atoms with Gasteiger partial charge in [0, 0.05) is 18.5 Å². The fourth-order valence-electron chi connectivity index (χ4n) is 1.93. The maximum atomic E-state index is 11.8. The second kappa shape index (κ2) is 7.54. The molecule has 0 bridgehead atoms. The predicted octanol–water partition coefficient (Wildman–Crippen LogP) is 2.83. The standard InChI is InChI=1S/C14H20Br2N2O3/c1-14(2,3)17-9(19)7-5-4-6-8-18-12(20)10(15)11(16)13(18)21/h4-8H2,1-3H3,(H,17,19). The summed E-state index contributed by atoms with van der Waals surface area (Å²) in [7, 11) is 0. The fourth-order valence-corrected chi connectivity index (χ4v) is 2.70. The van der Waals surface area contributed by atoms with Crippen LogP contribution in [0.5, 0.6) is 0 Å². The van der Waals surface area contributed by atoms with Gasteiger partial charge in [0.25, 0.3) is 11.8 Å². The van der Waals surface area contributed by atoms with Crippen LogP contribution in [0.25, 0.3) is 0 Å². The van der Waals surface area contributed by atoms with Gasteiger partial charge in [0.1, 0.15) is 8.96 Å². The zero-order valence-electron chi connectivity index (χ0n) is 12.5. The number of carbonyl (C=O) groups excluding carboxylic acids is 3. The number of hydrogen-bond acceptors (Lipinski definition) is 3. The molecule has 0 aromatic heterocycles. The van der Waals surface area contributed by atoms with Crippen molar-refractivity contribution in [1.29, 1.82) is 0 Å². The summed E-state index contributed by atoms with van der Waals surface area (Å²) in [5.74, 6) is -0.585. The molecule has 1 rings (SSSR count). The zero-order valence-corrected chi connectivity index (χ0v) is 15.6. The van der Waals surface area contributed by atoms with Crippen LogP contribution in [-0.4, -0.2) is 34.7 Å². The van der Waals surface area contributed by atoms with Crippen molar-refractivity contribution >= 4 is 49.6 Å². The van der Waals surface area contributed by atoms with Crippen LogP contribution in [-0.2, 0) is 14.4 Å². The van der Waals surface area contributed by atoms with Gasteiger partial charge in [-0.2, -0.15) is 0 Å². The van der Waals surface area contributed by atoms with Gasteiger partial charge in [-0.3, -0.25) is 19.3 Å². The summed E-state index contributed by atoms with van der Waals surface area (Å²) in [5, 5.41) is 2.90. The van der Waals surface area contributed by atoms with E-state index in [0.717, 1.165) is 12.8 Å². The van der Waals surface area contributed by atoms with Crippen molar-refractivity contribution in [3.05, 3.63) is 8.96 Å². The lowest BCUT2D eigenvalue weighted by Crippen LogP contribution is -2.40. The zero-order chi connectivity index (χ0) is 16.2. The second-order valence-corrected chi connectivity index (χ2v) is 7.58. The van der Waals surface area contributed by atoms with E-state index in [1.807, 2.05) is 20.8 Å². The summed E-state index contributed by atoms with van der Waals surface area (Å²) >= 11 is 6.17. The highest BCUT2D eigenvalue weighted by Gasteiger charge is 2.35. The van der Waals surface area contributed by atoms with Crippen molar-refractivity contribution < 1.29 is 14.4 Å². The highest BCUT2D eigenvalue weighted by molar-refractivity contribution is 9.14. The molecule has 1 heterocycles. The van der Waals surface area contributed by atoms with E-state index in [4.69, 9.17) is 0 Å². The molecule has 0 aliphatic carbocycles. The molecule has 3 amide bonds. The highest BCUT2D eigenvalue weighted by atomic mass is 79.9. The molecule has 5 nitrogen and oxygen atoms in total. The third kappa shape index (κ3) is 5.54. The Morgan fingerprint density at radius 2 is 1.57 bits per heavy atom. The molecular formula is C14H20Br2N2O3. The average molecular weight is 424 g/mol. The molecule has 0 spiro atoms. The van der Waals surface area contributed by atoms with Crippen molar-refractivity contribution in [2.75, 3.05) is 6.54 Å². The number of unbranched alkanes of at least 4 members (excludes halogenated alkanes) is 2. The van der Waals surface area contributed by atoms with Gasteiger partial charge >= 0.3 is 0 Å². The Bertz CT molecular complexity index is 457. The van der Waals surface area contributed by atoms with Crippen LogP contribution in [0.15, 0.2) is 8.96 Å². The first-order chi connectivity index (χ1) is 9.63. The molecule has 21 heavy (non-hydrogen) atoms. The van der Waals surface area contributed by atoms with E-state index >= 15 is 0 Å². The van der Waals surface area contributed by atoms with Crippen LogP contribution in [0.3, 0.4) is 0 Å². The van der Waals surface area contributed by atoms with Gasteiger partial charge < -0.3 is 5.32 Å². The molecule has 0 saturated heterocycles. The summed E-state index contributed by atoms with van der Waals surface area (Å²) in [6.45, 7) is 6.21. The number of halogens is 2. The van der Waals surface area contributed by atoms with Gasteiger partial charge in [0.15, 0.2) is 0 Å². The Hall–Kier alpha value is -0.690. The van der Waals surface area contributed by atoms with E-state index in [0.29, 0.717) is 19.4 Å². The molecule has 0 saturated carbocycles. The summed E-state index contributed by atoms with van der Waals surface area (Å²) in [6.07, 6.45) is 2.70. The maximum absolute atomic E-state index is 11.8. The Morgan fingerprint density at radius 3 is 2.05 bits per heavy atom. The van der Waals surface area contributed by atoms with Gasteiger partial charge in [0.2, 0.25) is 5.91 Å². The smallest absolute Gasteiger partial charge is 0.269 e. The number of amides is 3. The quantitative estimate of drug-likeness (QED) is 0.527. The topological polar surface area (TPSA) is 66.5 Å². The second-order valence-electron chi connectivity index (χ2n) is 6.00. The van der Waals surface area contributed by atoms with Crippen LogP contribution in [0.2, 0.25) is 0 Å². The maximum Gasteiger partial charge on any atom is 0.269 e. The van der Waals surface area contributed by atoms with E-state index in [9.17, 15) is 14.4 Å². The molecular weight excluding hydrogens is 404 g/mol. The van der Waals surface area contributed by atoms with E-state index in [1.54, 1.807) is 0 Å². The lowest BCUT2D eigenvalue weighted by Gasteiger charge is -2.20. The molecule has 0 aromatic rings. The summed E-state index contributed by atoms with van der Waals surface area (Å²) in [5.41, 5.74) is -0.213. The van der Waals surface area contributed by atoms with E-state index in [2.05, 4.69) is 37.2 Å². The number of rotatable bonds is 6. The van der Waals surface area contributed by atoms with Crippen molar-refractivity contribution in [2.24, 2.45) is 0 Å². The Labute approximate surface area is 141 Å². The van der Waals surface area contributed by atoms with Gasteiger partial charge in [-0.15, -0.1) is 0 Å². The summed E-state index contributed by atoms with van der Waals surface area (Å²) in [6, 6.07) is 0. The van der Waals surface area contributed by atoms with Crippen LogP contribution in [0.1, 0.15) is 46.5 Å². The monoisotopic (exact) mass is 422 g/mol. The molecule has 1 aliphatic rings. The minimum atomic E-state index is -0.308. The number of nitrogens with zero attached hydrogens (tertiary/aromatic N) is 1. The van der Waals surface area contributed by atoms with E-state index in [-0.39, 0.29) is 32.2 Å². The minimum Gasteiger partial charge on any atom is -0.352 e. The van der Waals surface area contributed by atoms with Gasteiger partial charge in [-0.1, -0.05) is 6.42 Å². The number of imide groups is 1. The lowest BCUT2D eigenvalue weighted by molar-refractivity contribution is -0.137. The van der Waals surface area contributed by atoms with Gasteiger partial charge in [-0.05, 0) is 65.5 Å². The lowest BCUT2D eigenvalue weighted by atomic mass is 10.1. The molecule has 1 N–H and O–H groups in total. The van der Waals surface area contributed by atoms with Crippen LogP contribution in [0, 0.1) is 0 Å². The number of hydrogen-bond donors (Lipinski definition) is 1. The normalized spacial score (nSPS) is 16.0. The first kappa shape index (κ1) is 18.4. The molecule has 1 aliphatic heterocycles. The molecule has 118 valence electrons. The first-order valence-corrected chi connectivity index (χ1v) is 8.44. The first-order valence-electron chi connectivity index (χ1n) is 6.86. The largest absolute Gasteiger partial charge is 0.352 e. The number of nitrogens with one attached hydrogen (secondary N) is 1. The highest BCUT2D eigenvalue weighted by Crippen LogP contribution is 2.29. The summed E-state index contributed by atoms with van der Waals surface area (Å²) < 4.78 is 0.550. The van der Waals surface area contributed by atoms with Crippen LogP contribution >= 0.6 is 31.9 Å². The Kier molecular flexibility index (Phi) is 6.59. The Balaban J connectivity index is 2.23. The molecule has 0 fully saturated rings. The average Bonchev–Trinajstić information content (AvgIpc) is 2.53. The van der Waals surface area contributed by atoms with Crippen molar-refractivity contribution in [3.8, 4) is 0 Å². The van der Waals surface area contributed by atoms with E-state index < -0.39 is 0 Å². The third-order valence-corrected chi connectivity index (χ3v) is 4.86. The number of carbonyl (C=O) groups is 3. The minimum absolute atomic E-state index is 0.0305. The van der Waals surface area contributed by atoms with E-state index in [1.165, 1.54) is 4.90 Å². The third-order valence-electron chi connectivity index (χ3n) is 2.86. The molecule has 0 atom stereocenters. The molecule has 0 radical (unpaired) electrons. The Morgan fingerprint density at radius 1 is 1.05 bits per heavy atom. The fraction of sp³-hybridized carbons (Fsp3) is 0.643. The van der Waals surface area contributed by atoms with Gasteiger partial charge in [0.05, 0.1) is 0 Å². The van der Waals surface area contributed by atoms with Gasteiger partial charge in [-0.25, -0.2) is 0 Å². The van der Waals surface area contributed by atoms with Crippen LogP contribution in [0.4, 0.5) is 0 Å². The summed E-state index contributed by atoms with van der Waals surface area (Å²) in [4.78, 5) is 36.4. The predicted molar refractivity (Wildman–Crippen MR) is 88.0 cm³/mol. The van der Waals surface area contributed by atoms with Crippen molar-refractivity contribution in [3.63, 3.8) is 0 Å². The molecule has 7 heteroatoms. The van der Waals surface area contributed by atoms with Crippen molar-refractivity contribution in [2.45, 2.75) is 52.0 Å². The molecule has 0 unspecified atom stereocenters. The molecule has 0 aromatic carbocycles. The SMILES string of the molecule is CC(C)(C)NC(=O)CCCCCN1C(=O)C(Br)=C(Br)C1=O. The van der Waals surface area contributed by atoms with Crippen molar-refractivity contribution in [1.82, 2.24) is 10.2 Å². The van der Waals surface area contributed by atoms with Crippen LogP contribution < -0.4 is 5.32 Å².